The Morgan fingerprint density at radius 1 is 1.19 bits per heavy atom. The third-order valence-electron chi connectivity index (χ3n) is 4.25. The number of benzene rings is 2. The van der Waals surface area contributed by atoms with Gasteiger partial charge in [-0.05, 0) is 49.2 Å². The Bertz CT molecular complexity index is 1260. The van der Waals surface area contributed by atoms with Crippen molar-refractivity contribution in [1.82, 2.24) is 14.6 Å². The van der Waals surface area contributed by atoms with Crippen LogP contribution in [0, 0.1) is 13.8 Å². The van der Waals surface area contributed by atoms with Crippen molar-refractivity contribution in [2.45, 2.75) is 13.8 Å². The zero-order valence-electron chi connectivity index (χ0n) is 14.9. The lowest BCUT2D eigenvalue weighted by Crippen LogP contribution is -2.15. The third-order valence-corrected chi connectivity index (χ3v) is 5.08. The van der Waals surface area contributed by atoms with Crippen LogP contribution in [-0.2, 0) is 4.74 Å². The van der Waals surface area contributed by atoms with Gasteiger partial charge in [0.1, 0.15) is 0 Å². The van der Waals surface area contributed by atoms with E-state index < -0.39 is 5.97 Å². The van der Waals surface area contributed by atoms with E-state index in [4.69, 9.17) is 4.74 Å². The first kappa shape index (κ1) is 17.2. The largest absolute Gasteiger partial charge is 0.465 e. The first-order valence-electron chi connectivity index (χ1n) is 8.22. The van der Waals surface area contributed by atoms with Crippen LogP contribution in [0.15, 0.2) is 41.2 Å². The molecule has 0 aliphatic rings. The van der Waals surface area contributed by atoms with Gasteiger partial charge in [-0.25, -0.2) is 9.78 Å². The highest BCUT2D eigenvalue weighted by Crippen LogP contribution is 2.25. The van der Waals surface area contributed by atoms with E-state index in [1.807, 2.05) is 32.0 Å². The Balaban J connectivity index is 1.82. The first-order chi connectivity index (χ1) is 13.0. The van der Waals surface area contributed by atoms with Crippen LogP contribution in [0.25, 0.3) is 15.9 Å². The van der Waals surface area contributed by atoms with Gasteiger partial charge >= 0.3 is 5.97 Å². The van der Waals surface area contributed by atoms with Gasteiger partial charge < -0.3 is 10.1 Å². The van der Waals surface area contributed by atoms with E-state index in [9.17, 15) is 9.59 Å². The van der Waals surface area contributed by atoms with Crippen LogP contribution < -0.4 is 10.9 Å². The summed E-state index contributed by atoms with van der Waals surface area (Å²) < 4.78 is 6.00. The second-order valence-corrected chi connectivity index (χ2v) is 7.14. The summed E-state index contributed by atoms with van der Waals surface area (Å²) in [6.07, 6.45) is 0. The second kappa shape index (κ2) is 6.48. The molecule has 0 radical (unpaired) electrons. The van der Waals surface area contributed by atoms with E-state index in [1.165, 1.54) is 23.0 Å². The fourth-order valence-corrected chi connectivity index (χ4v) is 3.60. The lowest BCUT2D eigenvalue weighted by molar-refractivity contribution is 0.0601. The molecular formula is C19H16N4O3S. The van der Waals surface area contributed by atoms with Gasteiger partial charge in [0.15, 0.2) is 0 Å². The minimum atomic E-state index is -0.472. The van der Waals surface area contributed by atoms with Crippen LogP contribution in [0.3, 0.4) is 0 Å². The van der Waals surface area contributed by atoms with Crippen molar-refractivity contribution in [3.63, 3.8) is 0 Å². The molecule has 0 atom stereocenters. The van der Waals surface area contributed by atoms with Crippen molar-refractivity contribution >= 4 is 44.0 Å². The number of aromatic nitrogens is 3. The average molecular weight is 380 g/mol. The number of carbonyl (C=O) groups is 1. The van der Waals surface area contributed by atoms with Crippen molar-refractivity contribution in [3.05, 3.63) is 63.4 Å². The predicted molar refractivity (Wildman–Crippen MR) is 105 cm³/mol. The Hall–Kier alpha value is -3.26. The Labute approximate surface area is 158 Å². The maximum Gasteiger partial charge on any atom is 0.337 e. The molecule has 0 amide bonds. The summed E-state index contributed by atoms with van der Waals surface area (Å²) in [6, 6.07) is 10.8. The normalized spacial score (nSPS) is 11.1. The zero-order valence-corrected chi connectivity index (χ0v) is 15.8. The number of esters is 1. The number of rotatable bonds is 3. The third kappa shape index (κ3) is 3.04. The second-order valence-electron chi connectivity index (χ2n) is 6.19. The predicted octanol–water partition coefficient (Wildman–Crippen LogP) is 3.45. The fourth-order valence-electron chi connectivity index (χ4n) is 2.79. The fraction of sp³-hybridized carbons (Fsp3) is 0.158. The van der Waals surface area contributed by atoms with Gasteiger partial charge in [0.25, 0.3) is 5.56 Å². The lowest BCUT2D eigenvalue weighted by Gasteiger charge is -2.06. The number of anilines is 2. The molecular weight excluding hydrogens is 364 g/mol. The summed E-state index contributed by atoms with van der Waals surface area (Å²) >= 11 is 1.27. The van der Waals surface area contributed by atoms with E-state index in [0.717, 1.165) is 16.8 Å². The monoisotopic (exact) mass is 380 g/mol. The van der Waals surface area contributed by atoms with Gasteiger partial charge in [-0.15, -0.1) is 5.10 Å². The zero-order chi connectivity index (χ0) is 19.1. The smallest absolute Gasteiger partial charge is 0.337 e. The Morgan fingerprint density at radius 2 is 2.00 bits per heavy atom. The Morgan fingerprint density at radius 3 is 2.78 bits per heavy atom. The summed E-state index contributed by atoms with van der Waals surface area (Å²) in [5.74, 6) is -0.472. The summed E-state index contributed by atoms with van der Waals surface area (Å²) in [4.78, 5) is 29.4. The molecule has 136 valence electrons. The lowest BCUT2D eigenvalue weighted by atomic mass is 10.1. The Kier molecular flexibility index (Phi) is 4.12. The molecule has 0 saturated carbocycles. The summed E-state index contributed by atoms with van der Waals surface area (Å²) in [5, 5.41) is 8.57. The molecule has 0 fully saturated rings. The molecule has 4 rings (SSSR count). The van der Waals surface area contributed by atoms with Crippen molar-refractivity contribution in [3.8, 4) is 0 Å². The highest BCUT2D eigenvalue weighted by atomic mass is 32.1. The van der Waals surface area contributed by atoms with Gasteiger partial charge in [-0.3, -0.25) is 4.79 Å². The van der Waals surface area contributed by atoms with Gasteiger partial charge in [-0.1, -0.05) is 23.5 Å². The van der Waals surface area contributed by atoms with E-state index >= 15 is 0 Å². The van der Waals surface area contributed by atoms with Crippen molar-refractivity contribution in [2.24, 2.45) is 0 Å². The molecule has 0 bridgehead atoms. The molecule has 2 heterocycles. The molecule has 27 heavy (non-hydrogen) atoms. The minimum Gasteiger partial charge on any atom is -0.465 e. The first-order valence-corrected chi connectivity index (χ1v) is 9.04. The van der Waals surface area contributed by atoms with Crippen LogP contribution in [0.1, 0.15) is 21.5 Å². The maximum atomic E-state index is 12.7. The van der Waals surface area contributed by atoms with E-state index in [0.29, 0.717) is 26.6 Å². The summed E-state index contributed by atoms with van der Waals surface area (Å²) in [5.41, 5.74) is 3.63. The molecule has 0 unspecified atom stereocenters. The number of hydrogen-bond acceptors (Lipinski definition) is 7. The van der Waals surface area contributed by atoms with E-state index in [1.54, 1.807) is 18.2 Å². The molecule has 0 saturated heterocycles. The quantitative estimate of drug-likeness (QED) is 0.548. The molecule has 1 N–H and O–H groups in total. The molecule has 7 nitrogen and oxygen atoms in total. The number of ether oxygens (including phenoxy) is 1. The van der Waals surface area contributed by atoms with Gasteiger partial charge in [0.05, 0.1) is 23.6 Å². The SMILES string of the molecule is COC(=O)c1ccc2c(=O)n3nc(Nc4cc(C)ccc4C)sc3nc2c1. The number of aryl methyl sites for hydroxylation is 2. The highest BCUT2D eigenvalue weighted by Gasteiger charge is 2.14. The van der Waals surface area contributed by atoms with Crippen LogP contribution in [0.5, 0.6) is 0 Å². The highest BCUT2D eigenvalue weighted by molar-refractivity contribution is 7.20. The standard InChI is InChI=1S/C19H16N4O3S/c1-10-4-5-11(2)14(8-10)20-18-22-23-16(24)13-7-6-12(17(25)26-3)9-15(13)21-19(23)27-18/h4-9H,1-3H3,(H,20,22). The number of methoxy groups -OCH3 is 1. The molecule has 2 aromatic carbocycles. The molecule has 2 aromatic heterocycles. The van der Waals surface area contributed by atoms with Crippen LogP contribution in [-0.4, -0.2) is 27.7 Å². The van der Waals surface area contributed by atoms with Gasteiger partial charge in [-0.2, -0.15) is 4.52 Å². The van der Waals surface area contributed by atoms with Crippen molar-refractivity contribution in [2.75, 3.05) is 12.4 Å². The average Bonchev–Trinajstić information content (AvgIpc) is 3.06. The van der Waals surface area contributed by atoms with Crippen LogP contribution in [0.2, 0.25) is 0 Å². The number of hydrogen-bond donors (Lipinski definition) is 1. The molecule has 0 aliphatic carbocycles. The minimum absolute atomic E-state index is 0.281. The molecule has 8 heteroatoms. The maximum absolute atomic E-state index is 12.7. The van der Waals surface area contributed by atoms with E-state index in [-0.39, 0.29) is 5.56 Å². The molecule has 0 aliphatic heterocycles. The summed E-state index contributed by atoms with van der Waals surface area (Å²) in [7, 11) is 1.31. The summed E-state index contributed by atoms with van der Waals surface area (Å²) in [6.45, 7) is 4.02. The van der Waals surface area contributed by atoms with Crippen molar-refractivity contribution in [1.29, 1.82) is 0 Å². The molecule has 4 aromatic rings. The van der Waals surface area contributed by atoms with Gasteiger partial charge in [0.2, 0.25) is 10.1 Å². The van der Waals surface area contributed by atoms with E-state index in [2.05, 4.69) is 15.4 Å². The van der Waals surface area contributed by atoms with Crippen LogP contribution in [0.4, 0.5) is 10.8 Å². The molecule has 0 spiro atoms. The van der Waals surface area contributed by atoms with Gasteiger partial charge in [0, 0.05) is 5.69 Å². The topological polar surface area (TPSA) is 85.6 Å². The van der Waals surface area contributed by atoms with Crippen molar-refractivity contribution < 1.29 is 9.53 Å². The number of nitrogens with zero attached hydrogens (tertiary/aromatic N) is 3. The number of carbonyl (C=O) groups excluding carboxylic acids is 1. The van der Waals surface area contributed by atoms with Crippen LogP contribution >= 0.6 is 11.3 Å². The number of fused-ring (bicyclic) bond motifs is 2. The number of nitrogens with one attached hydrogen (secondary N) is 1.